The zero-order valence-electron chi connectivity index (χ0n) is 28.9. The predicted octanol–water partition coefficient (Wildman–Crippen LogP) is 11.6. The molecule has 1 aliphatic heterocycles. The van der Waals surface area contributed by atoms with Crippen LogP contribution in [0.25, 0.3) is 0 Å². The van der Waals surface area contributed by atoms with Crippen molar-refractivity contribution in [3.63, 3.8) is 0 Å². The second-order valence-corrected chi connectivity index (χ2v) is 12.6. The number of nitrogens with zero attached hydrogens (tertiary/aromatic N) is 7. The monoisotopic (exact) mass is 655 g/mol. The van der Waals surface area contributed by atoms with Gasteiger partial charge in [-0.1, -0.05) is 78.1 Å². The lowest BCUT2D eigenvalue weighted by Crippen LogP contribution is -2.46. The molecule has 1 aliphatic rings. The summed E-state index contributed by atoms with van der Waals surface area (Å²) in [6.07, 6.45) is 15.0. The number of nitro benzene ring substituents is 1. The van der Waals surface area contributed by atoms with Gasteiger partial charge in [0.15, 0.2) is 0 Å². The molecule has 10 nitrogen and oxygen atoms in total. The van der Waals surface area contributed by atoms with Crippen LogP contribution >= 0.6 is 0 Å². The molecule has 10 heteroatoms. The van der Waals surface area contributed by atoms with Crippen molar-refractivity contribution < 1.29 is 9.66 Å². The van der Waals surface area contributed by atoms with Gasteiger partial charge in [-0.05, 0) is 67.9 Å². The van der Waals surface area contributed by atoms with Crippen LogP contribution < -0.4 is 9.64 Å². The molecule has 1 saturated heterocycles. The number of piperazine rings is 1. The Bertz CT molecular complexity index is 1420. The van der Waals surface area contributed by atoms with Gasteiger partial charge in [0.25, 0.3) is 5.69 Å². The first kappa shape index (κ1) is 36.7. The van der Waals surface area contributed by atoms with Crippen LogP contribution in [0, 0.1) is 10.1 Å². The molecule has 0 amide bonds. The summed E-state index contributed by atoms with van der Waals surface area (Å²) in [5.41, 5.74) is 3.77. The molecular weight excluding hydrogens is 602 g/mol. The predicted molar refractivity (Wildman–Crippen MR) is 195 cm³/mol. The fourth-order valence-electron chi connectivity index (χ4n) is 5.77. The maximum Gasteiger partial charge on any atom is 0.269 e. The molecule has 1 fully saturated rings. The minimum absolute atomic E-state index is 0.0130. The summed E-state index contributed by atoms with van der Waals surface area (Å²) in [6, 6.07) is 19.8. The van der Waals surface area contributed by atoms with E-state index in [-0.39, 0.29) is 5.69 Å². The van der Waals surface area contributed by atoms with Crippen LogP contribution in [0.2, 0.25) is 0 Å². The molecule has 0 unspecified atom stereocenters. The van der Waals surface area contributed by atoms with Crippen molar-refractivity contribution in [2.24, 2.45) is 20.5 Å². The maximum atomic E-state index is 11.0. The van der Waals surface area contributed by atoms with E-state index in [1.54, 1.807) is 12.1 Å². The van der Waals surface area contributed by atoms with Crippen molar-refractivity contribution in [1.29, 1.82) is 0 Å². The van der Waals surface area contributed by atoms with E-state index in [1.807, 2.05) is 30.3 Å². The molecule has 258 valence electrons. The van der Waals surface area contributed by atoms with Gasteiger partial charge in [-0.15, -0.1) is 5.11 Å². The molecule has 0 bridgehead atoms. The van der Waals surface area contributed by atoms with E-state index in [2.05, 4.69) is 56.2 Å². The highest BCUT2D eigenvalue weighted by Gasteiger charge is 2.16. The quantitative estimate of drug-likeness (QED) is 0.0491. The molecule has 0 N–H and O–H groups in total. The average Bonchev–Trinajstić information content (AvgIpc) is 3.12. The highest BCUT2D eigenvalue weighted by Crippen LogP contribution is 2.34. The fraction of sp³-hybridized carbons (Fsp3) is 0.526. The molecule has 0 aliphatic carbocycles. The third-order valence-electron chi connectivity index (χ3n) is 8.73. The van der Waals surface area contributed by atoms with E-state index in [0.29, 0.717) is 29.4 Å². The van der Waals surface area contributed by atoms with Gasteiger partial charge >= 0.3 is 0 Å². The molecule has 0 spiro atoms. The summed E-state index contributed by atoms with van der Waals surface area (Å²) in [4.78, 5) is 15.6. The van der Waals surface area contributed by atoms with Crippen LogP contribution in [0.4, 0.5) is 34.1 Å². The van der Waals surface area contributed by atoms with Gasteiger partial charge in [-0.3, -0.25) is 15.0 Å². The van der Waals surface area contributed by atoms with Crippen LogP contribution in [0.1, 0.15) is 90.9 Å². The molecule has 3 aromatic rings. The number of rotatable bonds is 21. The normalized spacial score (nSPS) is 13.9. The topological polar surface area (TPSA) is 108 Å². The van der Waals surface area contributed by atoms with Gasteiger partial charge in [0.1, 0.15) is 11.4 Å². The molecule has 0 saturated carbocycles. The summed E-state index contributed by atoms with van der Waals surface area (Å²) in [6.45, 7) is 10.6. The number of ether oxygens (including phenoxy) is 1. The van der Waals surface area contributed by atoms with Crippen molar-refractivity contribution in [3.8, 4) is 5.75 Å². The summed E-state index contributed by atoms with van der Waals surface area (Å²) < 4.78 is 6.18. The maximum absolute atomic E-state index is 11.0. The molecular formula is C38H53N7O3. The zero-order valence-corrected chi connectivity index (χ0v) is 28.9. The van der Waals surface area contributed by atoms with Gasteiger partial charge in [0.2, 0.25) is 0 Å². The second-order valence-electron chi connectivity index (χ2n) is 12.6. The van der Waals surface area contributed by atoms with Crippen molar-refractivity contribution in [3.05, 3.63) is 76.8 Å². The minimum Gasteiger partial charge on any atom is -0.491 e. The molecule has 3 aromatic carbocycles. The van der Waals surface area contributed by atoms with E-state index in [1.165, 1.54) is 88.6 Å². The Morgan fingerprint density at radius 2 is 1.19 bits per heavy atom. The van der Waals surface area contributed by atoms with Gasteiger partial charge in [-0.2, -0.15) is 15.3 Å². The summed E-state index contributed by atoms with van der Waals surface area (Å²) in [7, 11) is 0. The van der Waals surface area contributed by atoms with E-state index >= 15 is 0 Å². The molecule has 0 aromatic heterocycles. The van der Waals surface area contributed by atoms with E-state index in [4.69, 9.17) is 4.74 Å². The largest absolute Gasteiger partial charge is 0.491 e. The second kappa shape index (κ2) is 20.9. The number of azo groups is 2. The lowest BCUT2D eigenvalue weighted by atomic mass is 10.1. The van der Waals surface area contributed by atoms with Gasteiger partial charge in [0, 0.05) is 50.1 Å². The fourth-order valence-corrected chi connectivity index (χ4v) is 5.77. The van der Waals surface area contributed by atoms with E-state index in [0.717, 1.165) is 44.7 Å². The van der Waals surface area contributed by atoms with E-state index < -0.39 is 4.92 Å². The minimum atomic E-state index is -0.433. The van der Waals surface area contributed by atoms with E-state index in [9.17, 15) is 10.1 Å². The van der Waals surface area contributed by atoms with Crippen LogP contribution in [0.3, 0.4) is 0 Å². The molecule has 48 heavy (non-hydrogen) atoms. The summed E-state index contributed by atoms with van der Waals surface area (Å²) in [5.74, 6) is 0.583. The first-order valence-corrected chi connectivity index (χ1v) is 18.0. The zero-order chi connectivity index (χ0) is 33.8. The van der Waals surface area contributed by atoms with Crippen LogP contribution in [0.5, 0.6) is 5.75 Å². The Balaban J connectivity index is 1.34. The smallest absolute Gasteiger partial charge is 0.269 e. The van der Waals surface area contributed by atoms with Gasteiger partial charge in [-0.25, -0.2) is 0 Å². The number of anilines is 1. The third-order valence-corrected chi connectivity index (χ3v) is 8.73. The third kappa shape index (κ3) is 12.8. The van der Waals surface area contributed by atoms with Crippen LogP contribution in [-0.2, 0) is 0 Å². The van der Waals surface area contributed by atoms with Crippen molar-refractivity contribution in [2.45, 2.75) is 90.9 Å². The number of unbranched alkanes of at least 4 members (excludes halogenated alkanes) is 10. The highest BCUT2D eigenvalue weighted by molar-refractivity contribution is 5.59. The van der Waals surface area contributed by atoms with Crippen LogP contribution in [0.15, 0.2) is 87.2 Å². The lowest BCUT2D eigenvalue weighted by Gasteiger charge is -2.36. The Morgan fingerprint density at radius 3 is 1.83 bits per heavy atom. The Labute approximate surface area is 286 Å². The number of nitro groups is 1. The Morgan fingerprint density at radius 1 is 0.646 bits per heavy atom. The number of hydrogen-bond donors (Lipinski definition) is 0. The Kier molecular flexibility index (Phi) is 16.0. The number of hydrogen-bond acceptors (Lipinski definition) is 9. The molecule has 1 heterocycles. The Hall–Kier alpha value is -4.18. The summed E-state index contributed by atoms with van der Waals surface area (Å²) in [5, 5.41) is 28.7. The standard InChI is InChI=1S/C38H53N7O3/c1-3-5-7-9-10-11-12-14-30-48-38-31-34(19-24-37(38)42-40-33-17-22-36(23-18-33)45(46)47)41-39-32-15-20-35(21-16-32)44-28-26-43(27-29-44)25-13-8-6-4-2/h15-24,31H,3-14,25-30H2,1-2H3. The average molecular weight is 656 g/mol. The van der Waals surface area contributed by atoms with Gasteiger partial charge < -0.3 is 9.64 Å². The lowest BCUT2D eigenvalue weighted by molar-refractivity contribution is -0.384. The first-order valence-electron chi connectivity index (χ1n) is 18.0. The molecule has 0 radical (unpaired) electrons. The van der Waals surface area contributed by atoms with Gasteiger partial charge in [0.05, 0.1) is 28.6 Å². The number of benzene rings is 3. The van der Waals surface area contributed by atoms with Crippen molar-refractivity contribution in [1.82, 2.24) is 4.90 Å². The SMILES string of the molecule is CCCCCCCCCCOc1cc(N=Nc2ccc(N3CCN(CCCCCC)CC3)cc2)ccc1N=Nc1ccc([N+](=O)[O-])cc1. The molecule has 4 rings (SSSR count). The molecule has 0 atom stereocenters. The van der Waals surface area contributed by atoms with Crippen molar-refractivity contribution >= 4 is 34.1 Å². The highest BCUT2D eigenvalue weighted by atomic mass is 16.6. The van der Waals surface area contributed by atoms with Crippen LogP contribution in [-0.4, -0.2) is 49.2 Å². The number of non-ortho nitro benzene ring substituents is 1. The van der Waals surface area contributed by atoms with Crippen molar-refractivity contribution in [2.75, 3.05) is 44.2 Å². The summed E-state index contributed by atoms with van der Waals surface area (Å²) >= 11 is 0. The first-order chi connectivity index (χ1) is 23.6.